The van der Waals surface area contributed by atoms with Crippen molar-refractivity contribution in [1.29, 1.82) is 5.26 Å². The lowest BCUT2D eigenvalue weighted by Gasteiger charge is -2.12. The van der Waals surface area contributed by atoms with Gasteiger partial charge in [0.25, 0.3) is 5.91 Å². The highest BCUT2D eigenvalue weighted by Crippen LogP contribution is 2.25. The summed E-state index contributed by atoms with van der Waals surface area (Å²) in [6, 6.07) is 8.23. The van der Waals surface area contributed by atoms with Crippen LogP contribution >= 0.6 is 11.6 Å². The molecule has 9 heteroatoms. The number of halogens is 4. The molecule has 1 heterocycles. The molecule has 0 saturated carbocycles. The van der Waals surface area contributed by atoms with Gasteiger partial charge in [-0.15, -0.1) is 0 Å². The number of nitrogens with one attached hydrogen (secondary N) is 1. The van der Waals surface area contributed by atoms with E-state index in [4.69, 9.17) is 16.9 Å². The van der Waals surface area contributed by atoms with Crippen molar-refractivity contribution in [1.82, 2.24) is 4.98 Å². The van der Waals surface area contributed by atoms with Crippen LogP contribution in [0.25, 0.3) is 0 Å². The van der Waals surface area contributed by atoms with Gasteiger partial charge in [-0.1, -0.05) is 11.6 Å². The van der Waals surface area contributed by atoms with Gasteiger partial charge < -0.3 is 10.1 Å². The summed E-state index contributed by atoms with van der Waals surface area (Å²) in [5.74, 6) is -0.730. The number of ether oxygens (including phenoxy) is 1. The quantitative estimate of drug-likeness (QED) is 0.846. The zero-order valence-electron chi connectivity index (χ0n) is 11.9. The number of carbonyl (C=O) groups is 1. The Bertz CT molecular complexity index is 803. The van der Waals surface area contributed by atoms with E-state index in [1.807, 2.05) is 0 Å². The van der Waals surface area contributed by atoms with Crippen molar-refractivity contribution in [2.75, 3.05) is 11.9 Å². The maximum absolute atomic E-state index is 12.2. The molecule has 0 unspecified atom stereocenters. The van der Waals surface area contributed by atoms with Crippen molar-refractivity contribution >= 4 is 23.2 Å². The molecule has 0 fully saturated rings. The van der Waals surface area contributed by atoms with Crippen LogP contribution in [0.4, 0.5) is 18.9 Å². The third-order valence-electron chi connectivity index (χ3n) is 2.74. The first-order valence-corrected chi connectivity index (χ1v) is 6.83. The van der Waals surface area contributed by atoms with E-state index in [1.165, 1.54) is 36.5 Å². The van der Waals surface area contributed by atoms with E-state index < -0.39 is 18.7 Å². The van der Waals surface area contributed by atoms with E-state index in [9.17, 15) is 18.0 Å². The van der Waals surface area contributed by atoms with Gasteiger partial charge in [-0.25, -0.2) is 4.98 Å². The SMILES string of the molecule is N#Cc1cc(NC(=O)c2ccnc(Cl)c2)ccc1OCC(F)(F)F. The number of carbonyl (C=O) groups excluding carboxylic acids is 1. The highest BCUT2D eigenvalue weighted by molar-refractivity contribution is 6.29. The fraction of sp³-hybridized carbons (Fsp3) is 0.133. The highest BCUT2D eigenvalue weighted by atomic mass is 35.5. The topological polar surface area (TPSA) is 75.0 Å². The molecule has 124 valence electrons. The number of pyridine rings is 1. The summed E-state index contributed by atoms with van der Waals surface area (Å²) in [5, 5.41) is 11.7. The van der Waals surface area contributed by atoms with Crippen molar-refractivity contribution in [2.45, 2.75) is 6.18 Å². The highest BCUT2D eigenvalue weighted by Gasteiger charge is 2.28. The maximum Gasteiger partial charge on any atom is 0.422 e. The van der Waals surface area contributed by atoms with Crippen molar-refractivity contribution in [2.24, 2.45) is 0 Å². The first-order chi connectivity index (χ1) is 11.3. The molecule has 0 aliphatic rings. The first kappa shape index (κ1) is 17.6. The van der Waals surface area contributed by atoms with E-state index in [0.29, 0.717) is 0 Å². The number of hydrogen-bond acceptors (Lipinski definition) is 4. The molecule has 2 aromatic rings. The monoisotopic (exact) mass is 355 g/mol. The second-order valence-corrected chi connectivity index (χ2v) is 4.94. The van der Waals surface area contributed by atoms with Gasteiger partial charge in [-0.05, 0) is 30.3 Å². The number of hydrogen-bond donors (Lipinski definition) is 1. The molecule has 0 bridgehead atoms. The lowest BCUT2D eigenvalue weighted by atomic mass is 10.2. The minimum absolute atomic E-state index is 0.134. The number of nitriles is 1. The number of benzene rings is 1. The fourth-order valence-electron chi connectivity index (χ4n) is 1.73. The number of alkyl halides is 3. The molecule has 0 saturated heterocycles. The molecular weight excluding hydrogens is 347 g/mol. The van der Waals surface area contributed by atoms with Gasteiger partial charge >= 0.3 is 6.18 Å². The Morgan fingerprint density at radius 2 is 2.08 bits per heavy atom. The smallest absolute Gasteiger partial charge is 0.422 e. The summed E-state index contributed by atoms with van der Waals surface area (Å²) in [6.45, 7) is -1.51. The van der Waals surface area contributed by atoms with Crippen molar-refractivity contribution < 1.29 is 22.7 Å². The van der Waals surface area contributed by atoms with Crippen LogP contribution in [-0.4, -0.2) is 23.7 Å². The van der Waals surface area contributed by atoms with Crippen molar-refractivity contribution in [3.05, 3.63) is 52.8 Å². The van der Waals surface area contributed by atoms with E-state index in [2.05, 4.69) is 15.0 Å². The third-order valence-corrected chi connectivity index (χ3v) is 2.94. The lowest BCUT2D eigenvalue weighted by molar-refractivity contribution is -0.153. The Morgan fingerprint density at radius 1 is 1.33 bits per heavy atom. The maximum atomic E-state index is 12.2. The van der Waals surface area contributed by atoms with Crippen LogP contribution in [0.1, 0.15) is 15.9 Å². The molecule has 0 spiro atoms. The summed E-state index contributed by atoms with van der Waals surface area (Å²) in [4.78, 5) is 15.8. The predicted molar refractivity (Wildman–Crippen MR) is 79.9 cm³/mol. The standard InChI is InChI=1S/C15H9ClF3N3O2/c16-13-6-9(3-4-21-13)14(23)22-11-1-2-12(10(5-11)7-20)24-8-15(17,18)19/h1-6H,8H2,(H,22,23). The Hall–Kier alpha value is -2.79. The Labute approximate surface area is 139 Å². The Morgan fingerprint density at radius 3 is 2.71 bits per heavy atom. The van der Waals surface area contributed by atoms with Gasteiger partial charge in [0.15, 0.2) is 6.61 Å². The van der Waals surface area contributed by atoms with Gasteiger partial charge in [0.05, 0.1) is 5.56 Å². The summed E-state index contributed by atoms with van der Waals surface area (Å²) in [5.41, 5.74) is 0.333. The number of amides is 1. The summed E-state index contributed by atoms with van der Waals surface area (Å²) in [6.07, 6.45) is -3.16. The van der Waals surface area contributed by atoms with Crippen LogP contribution in [-0.2, 0) is 0 Å². The molecule has 5 nitrogen and oxygen atoms in total. The average molecular weight is 356 g/mol. The number of anilines is 1. The van der Waals surface area contributed by atoms with Gasteiger partial charge in [-0.3, -0.25) is 4.79 Å². The molecular formula is C15H9ClF3N3O2. The zero-order valence-corrected chi connectivity index (χ0v) is 12.6. The van der Waals surface area contributed by atoms with E-state index in [0.717, 1.165) is 0 Å². The van der Waals surface area contributed by atoms with Crippen molar-refractivity contribution in [3.8, 4) is 11.8 Å². The van der Waals surface area contributed by atoms with Crippen molar-refractivity contribution in [3.63, 3.8) is 0 Å². The lowest BCUT2D eigenvalue weighted by Crippen LogP contribution is -2.19. The third kappa shape index (κ3) is 4.86. The minimum Gasteiger partial charge on any atom is -0.483 e. The molecule has 0 radical (unpaired) electrons. The largest absolute Gasteiger partial charge is 0.483 e. The number of nitrogens with zero attached hydrogens (tertiary/aromatic N) is 2. The molecule has 1 N–H and O–H groups in total. The number of rotatable bonds is 4. The van der Waals surface area contributed by atoms with Crippen LogP contribution in [0.15, 0.2) is 36.5 Å². The van der Waals surface area contributed by atoms with Crippen LogP contribution in [0.3, 0.4) is 0 Å². The molecule has 24 heavy (non-hydrogen) atoms. The second kappa shape index (κ2) is 7.19. The van der Waals surface area contributed by atoms with E-state index >= 15 is 0 Å². The summed E-state index contributed by atoms with van der Waals surface area (Å²) in [7, 11) is 0. The van der Waals surface area contributed by atoms with Gasteiger partial charge in [0.2, 0.25) is 0 Å². The second-order valence-electron chi connectivity index (χ2n) is 4.55. The van der Waals surface area contributed by atoms with Crippen LogP contribution in [0.2, 0.25) is 5.15 Å². The van der Waals surface area contributed by atoms with Gasteiger partial charge in [-0.2, -0.15) is 18.4 Å². The average Bonchev–Trinajstić information content (AvgIpc) is 2.52. The van der Waals surface area contributed by atoms with E-state index in [1.54, 1.807) is 6.07 Å². The molecule has 1 amide bonds. The van der Waals surface area contributed by atoms with Crippen LogP contribution in [0, 0.1) is 11.3 Å². The normalized spacial score (nSPS) is 10.8. The molecule has 0 atom stereocenters. The Balaban J connectivity index is 2.15. The molecule has 0 aliphatic heterocycles. The molecule has 1 aromatic heterocycles. The fourth-order valence-corrected chi connectivity index (χ4v) is 1.90. The number of aromatic nitrogens is 1. The zero-order chi connectivity index (χ0) is 17.7. The summed E-state index contributed by atoms with van der Waals surface area (Å²) >= 11 is 5.69. The molecule has 0 aliphatic carbocycles. The van der Waals surface area contributed by atoms with E-state index in [-0.39, 0.29) is 27.7 Å². The molecule has 2 rings (SSSR count). The Kier molecular flexibility index (Phi) is 5.26. The van der Waals surface area contributed by atoms with Gasteiger partial charge in [0.1, 0.15) is 17.0 Å². The predicted octanol–water partition coefficient (Wildman–Crippen LogP) is 3.80. The van der Waals surface area contributed by atoms with Gasteiger partial charge in [0, 0.05) is 17.4 Å². The van der Waals surface area contributed by atoms with Crippen LogP contribution in [0.5, 0.6) is 5.75 Å². The first-order valence-electron chi connectivity index (χ1n) is 6.45. The molecule has 1 aromatic carbocycles. The summed E-state index contributed by atoms with van der Waals surface area (Å²) < 4.78 is 41.1. The van der Waals surface area contributed by atoms with Crippen LogP contribution < -0.4 is 10.1 Å². The minimum atomic E-state index is -4.51.